The molecule has 0 radical (unpaired) electrons. The van der Waals surface area contributed by atoms with Crippen LogP contribution in [0.2, 0.25) is 0 Å². The van der Waals surface area contributed by atoms with Gasteiger partial charge >= 0.3 is 5.97 Å². The van der Waals surface area contributed by atoms with E-state index in [4.69, 9.17) is 15.6 Å². The predicted molar refractivity (Wildman–Crippen MR) is 107 cm³/mol. The molecule has 2 aromatic rings. The highest BCUT2D eigenvalue weighted by Gasteiger charge is 2.45. The Kier molecular flexibility index (Phi) is 6.31. The van der Waals surface area contributed by atoms with E-state index in [1.165, 1.54) is 12.7 Å². The number of nitrogens with two attached hydrogens (primary N) is 1. The first-order valence-corrected chi connectivity index (χ1v) is 10.3. The van der Waals surface area contributed by atoms with Gasteiger partial charge in [-0.25, -0.2) is 19.7 Å². The van der Waals surface area contributed by atoms with Crippen LogP contribution in [-0.4, -0.2) is 102 Å². The lowest BCUT2D eigenvalue weighted by molar-refractivity contribution is -0.409. The molecular formula is C18H29N8O5+. The Labute approximate surface area is 178 Å². The highest BCUT2D eigenvalue weighted by Crippen LogP contribution is 2.32. The number of nitrogens with zero attached hydrogens (tertiary/aromatic N) is 5. The first kappa shape index (κ1) is 21.8. The molecule has 13 nitrogen and oxygen atoms in total. The molecule has 170 valence electrons. The zero-order chi connectivity index (χ0) is 22.1. The fraction of sp³-hybridized carbons (Fsp3) is 0.667. The maximum atomic E-state index is 11.2. The van der Waals surface area contributed by atoms with Crippen molar-refractivity contribution in [1.29, 1.82) is 0 Å². The standard InChI is InChI=1S/C18H28N8O5/c19-10(18(29)30)2-4-25(9-1-3-21-5-9)6-11-13(27)14(28)17(31-11)26-8-24-12-15(20)22-7-23-16(12)26/h7-11,13-14,17,21,27-28H,1-6,19H2,(H,29,30)(H2,20,22,23)/p+1/t9-,10-,11+,13+,14+,17+/m0/s1. The largest absolute Gasteiger partial charge is 0.477 e. The molecule has 0 amide bonds. The van der Waals surface area contributed by atoms with Crippen LogP contribution in [0.1, 0.15) is 19.1 Å². The number of aliphatic hydroxyl groups is 2. The molecule has 9 N–H and O–H groups in total. The van der Waals surface area contributed by atoms with Gasteiger partial charge in [-0.15, -0.1) is 0 Å². The second kappa shape index (κ2) is 8.98. The molecule has 0 saturated carbocycles. The molecular weight excluding hydrogens is 408 g/mol. The molecule has 0 aromatic carbocycles. The van der Waals surface area contributed by atoms with Gasteiger partial charge in [0.1, 0.15) is 30.2 Å². The first-order chi connectivity index (χ1) is 14.9. The number of aliphatic carboxylic acids is 1. The van der Waals surface area contributed by atoms with Crippen LogP contribution in [-0.2, 0) is 9.53 Å². The average molecular weight is 437 g/mol. The van der Waals surface area contributed by atoms with E-state index in [9.17, 15) is 15.0 Å². The molecule has 0 spiro atoms. The molecule has 0 aliphatic carbocycles. The minimum atomic E-state index is -1.19. The minimum Gasteiger partial charge on any atom is -0.477 e. The van der Waals surface area contributed by atoms with E-state index in [-0.39, 0.29) is 11.9 Å². The molecule has 2 saturated heterocycles. The quantitative estimate of drug-likeness (QED) is 0.243. The van der Waals surface area contributed by atoms with E-state index in [1.807, 2.05) is 0 Å². The Morgan fingerprint density at radius 3 is 2.90 bits per heavy atom. The average Bonchev–Trinajstić information content (AvgIpc) is 3.47. The number of quaternary nitrogens is 1. The van der Waals surface area contributed by atoms with Crippen LogP contribution in [0.15, 0.2) is 12.7 Å². The normalized spacial score (nSPS) is 29.7. The topological polar surface area (TPSA) is 200 Å². The number of ether oxygens (including phenoxy) is 1. The zero-order valence-electron chi connectivity index (χ0n) is 17.0. The second-order valence-electron chi connectivity index (χ2n) is 8.09. The molecule has 4 heterocycles. The lowest BCUT2D eigenvalue weighted by Crippen LogP contribution is -2.65. The third kappa shape index (κ3) is 4.33. The van der Waals surface area contributed by atoms with Gasteiger partial charge < -0.3 is 36.8 Å². The van der Waals surface area contributed by atoms with Crippen LogP contribution >= 0.6 is 0 Å². The Morgan fingerprint density at radius 1 is 1.39 bits per heavy atom. The van der Waals surface area contributed by atoms with E-state index in [0.29, 0.717) is 30.7 Å². The van der Waals surface area contributed by atoms with Crippen LogP contribution in [0.3, 0.4) is 0 Å². The molecule has 2 aliphatic heterocycles. The van der Waals surface area contributed by atoms with Gasteiger partial charge in [-0.3, -0.25) is 9.47 Å². The van der Waals surface area contributed by atoms with Crippen molar-refractivity contribution in [3.8, 4) is 0 Å². The van der Waals surface area contributed by atoms with E-state index in [0.717, 1.165) is 19.5 Å². The number of imidazole rings is 1. The van der Waals surface area contributed by atoms with Gasteiger partial charge in [0.25, 0.3) is 0 Å². The second-order valence-corrected chi connectivity index (χ2v) is 8.09. The van der Waals surface area contributed by atoms with Crippen molar-refractivity contribution >= 4 is 23.0 Å². The van der Waals surface area contributed by atoms with E-state index in [2.05, 4.69) is 30.9 Å². The van der Waals surface area contributed by atoms with Crippen molar-refractivity contribution in [1.82, 2.24) is 29.7 Å². The Morgan fingerprint density at radius 2 is 2.19 bits per heavy atom. The van der Waals surface area contributed by atoms with E-state index < -0.39 is 36.6 Å². The number of fused-ring (bicyclic) bond motifs is 1. The van der Waals surface area contributed by atoms with E-state index >= 15 is 0 Å². The number of carbonyl (C=O) groups is 1. The molecule has 2 aliphatic rings. The van der Waals surface area contributed by atoms with Gasteiger partial charge in [0, 0.05) is 32.1 Å². The number of aliphatic hydroxyl groups excluding tert-OH is 2. The number of hydrogen-bond donors (Lipinski definition) is 6. The fourth-order valence-electron chi connectivity index (χ4n) is 4.22. The maximum Gasteiger partial charge on any atom is 0.362 e. The number of carboxylic acid groups (broad SMARTS) is 1. The Hall–Kier alpha value is -2.42. The molecule has 2 fully saturated rings. The molecule has 0 unspecified atom stereocenters. The third-order valence-corrected chi connectivity index (χ3v) is 6.08. The van der Waals surface area contributed by atoms with Crippen molar-refractivity contribution in [2.45, 2.75) is 49.5 Å². The summed E-state index contributed by atoms with van der Waals surface area (Å²) in [6, 6.07) is -0.526. The van der Waals surface area contributed by atoms with Crippen LogP contribution in [0.4, 0.5) is 5.82 Å². The summed E-state index contributed by atoms with van der Waals surface area (Å²) in [6.45, 7) is 2.48. The number of nitrogen functional groups attached to an aromatic ring is 1. The van der Waals surface area contributed by atoms with Crippen LogP contribution in [0, 0.1) is 0 Å². The molecule has 0 bridgehead atoms. The number of hydrogen-bond acceptors (Lipinski definition) is 10. The van der Waals surface area contributed by atoms with Crippen molar-refractivity contribution in [2.75, 3.05) is 31.9 Å². The number of rotatable bonds is 8. The number of carboxylic acids is 1. The van der Waals surface area contributed by atoms with Crippen LogP contribution in [0.25, 0.3) is 11.2 Å². The van der Waals surface area contributed by atoms with Gasteiger partial charge in [-0.1, -0.05) is 0 Å². The fourth-order valence-corrected chi connectivity index (χ4v) is 4.22. The lowest BCUT2D eigenvalue weighted by atomic mass is 10.1. The summed E-state index contributed by atoms with van der Waals surface area (Å²) >= 11 is 0. The molecule has 4 rings (SSSR count). The SMILES string of the molecule is Nc1ncnc2c1ncn2[C@@H]1O[C@H](CN(CC[C@H]([NH3+])C(=O)O)[C@H]2CCNC2)[C@@H](O)[C@H]1O. The molecule has 13 heteroatoms. The van der Waals surface area contributed by atoms with Gasteiger partial charge in [0.05, 0.1) is 6.33 Å². The van der Waals surface area contributed by atoms with E-state index in [1.54, 1.807) is 4.57 Å². The first-order valence-electron chi connectivity index (χ1n) is 10.3. The lowest BCUT2D eigenvalue weighted by Gasteiger charge is -2.31. The summed E-state index contributed by atoms with van der Waals surface area (Å²) in [7, 11) is 0. The summed E-state index contributed by atoms with van der Waals surface area (Å²) in [5.74, 6) is -0.722. The number of aromatic nitrogens is 4. The van der Waals surface area contributed by atoms with Crippen molar-refractivity contribution in [3.05, 3.63) is 12.7 Å². The summed E-state index contributed by atoms with van der Waals surface area (Å²) in [6.07, 6.45) is 0.160. The Bertz CT molecular complexity index is 919. The van der Waals surface area contributed by atoms with Gasteiger partial charge in [0.2, 0.25) is 0 Å². The van der Waals surface area contributed by atoms with Crippen molar-refractivity contribution < 1.29 is 30.6 Å². The van der Waals surface area contributed by atoms with Gasteiger partial charge in [-0.05, 0) is 13.0 Å². The number of nitrogens with one attached hydrogen (secondary N) is 1. The van der Waals surface area contributed by atoms with Crippen molar-refractivity contribution in [3.63, 3.8) is 0 Å². The predicted octanol–water partition coefficient (Wildman–Crippen LogP) is -3.22. The molecule has 6 atom stereocenters. The Balaban J connectivity index is 1.50. The molecule has 2 aromatic heterocycles. The van der Waals surface area contributed by atoms with Gasteiger partial charge in [-0.2, -0.15) is 0 Å². The smallest absolute Gasteiger partial charge is 0.362 e. The highest BCUT2D eigenvalue weighted by molar-refractivity contribution is 5.81. The van der Waals surface area contributed by atoms with Gasteiger partial charge in [0.15, 0.2) is 23.7 Å². The summed E-state index contributed by atoms with van der Waals surface area (Å²) in [5, 5.41) is 33.8. The summed E-state index contributed by atoms with van der Waals surface area (Å²) < 4.78 is 7.59. The summed E-state index contributed by atoms with van der Waals surface area (Å²) in [5.41, 5.74) is 10.3. The highest BCUT2D eigenvalue weighted by atomic mass is 16.6. The number of anilines is 1. The molecule has 31 heavy (non-hydrogen) atoms. The summed E-state index contributed by atoms with van der Waals surface area (Å²) in [4.78, 5) is 25.5. The third-order valence-electron chi connectivity index (χ3n) is 6.08. The maximum absolute atomic E-state index is 11.2. The monoisotopic (exact) mass is 437 g/mol. The minimum absolute atomic E-state index is 0.189. The van der Waals surface area contributed by atoms with Crippen LogP contribution < -0.4 is 16.8 Å². The zero-order valence-corrected chi connectivity index (χ0v) is 17.0. The van der Waals surface area contributed by atoms with Crippen molar-refractivity contribution in [2.24, 2.45) is 0 Å². The van der Waals surface area contributed by atoms with Crippen LogP contribution in [0.5, 0.6) is 0 Å².